The van der Waals surface area contributed by atoms with E-state index in [1.165, 1.54) is 12.1 Å². The summed E-state index contributed by atoms with van der Waals surface area (Å²) >= 11 is 0. The van der Waals surface area contributed by atoms with Gasteiger partial charge in [0.1, 0.15) is 0 Å². The standard InChI is InChI=1S/C13H11N3O2/c17-16(18)13-8-6-11(7-9-13)10-14-15-12-4-2-1-3-5-12/h1-10,15H/b14-10-. The van der Waals surface area contributed by atoms with E-state index in [-0.39, 0.29) is 5.69 Å². The predicted molar refractivity (Wildman–Crippen MR) is 70.8 cm³/mol. The van der Waals surface area contributed by atoms with E-state index in [9.17, 15) is 10.1 Å². The Kier molecular flexibility index (Phi) is 3.66. The molecule has 0 unspecified atom stereocenters. The zero-order chi connectivity index (χ0) is 12.8. The van der Waals surface area contributed by atoms with Gasteiger partial charge in [-0.15, -0.1) is 0 Å². The van der Waals surface area contributed by atoms with Crippen molar-refractivity contribution < 1.29 is 4.92 Å². The van der Waals surface area contributed by atoms with E-state index in [1.807, 2.05) is 30.3 Å². The number of nitro benzene ring substituents is 1. The fourth-order valence-electron chi connectivity index (χ4n) is 1.38. The van der Waals surface area contributed by atoms with Gasteiger partial charge >= 0.3 is 0 Å². The van der Waals surface area contributed by atoms with Crippen LogP contribution in [0, 0.1) is 10.1 Å². The van der Waals surface area contributed by atoms with Gasteiger partial charge in [0.15, 0.2) is 0 Å². The molecule has 0 saturated heterocycles. The molecule has 0 aliphatic carbocycles. The number of nitro groups is 1. The fraction of sp³-hybridized carbons (Fsp3) is 0. The lowest BCUT2D eigenvalue weighted by molar-refractivity contribution is -0.384. The highest BCUT2D eigenvalue weighted by molar-refractivity contribution is 5.80. The molecule has 0 bridgehead atoms. The van der Waals surface area contributed by atoms with Crippen molar-refractivity contribution in [1.82, 2.24) is 0 Å². The maximum Gasteiger partial charge on any atom is 0.269 e. The Bertz CT molecular complexity index is 550. The quantitative estimate of drug-likeness (QED) is 0.508. The van der Waals surface area contributed by atoms with Crippen LogP contribution in [0.5, 0.6) is 0 Å². The van der Waals surface area contributed by atoms with Gasteiger partial charge in [-0.05, 0) is 29.8 Å². The van der Waals surface area contributed by atoms with Crippen LogP contribution in [-0.4, -0.2) is 11.1 Å². The first kappa shape index (κ1) is 11.8. The zero-order valence-corrected chi connectivity index (χ0v) is 9.48. The third-order valence-electron chi connectivity index (χ3n) is 2.28. The van der Waals surface area contributed by atoms with Gasteiger partial charge in [-0.2, -0.15) is 5.10 Å². The fourth-order valence-corrected chi connectivity index (χ4v) is 1.38. The van der Waals surface area contributed by atoms with E-state index in [4.69, 9.17) is 0 Å². The first-order valence-electron chi connectivity index (χ1n) is 5.34. The average molecular weight is 241 g/mol. The van der Waals surface area contributed by atoms with Crippen LogP contribution < -0.4 is 5.43 Å². The van der Waals surface area contributed by atoms with Crippen molar-refractivity contribution in [3.8, 4) is 0 Å². The topological polar surface area (TPSA) is 67.5 Å². The minimum Gasteiger partial charge on any atom is -0.279 e. The third-order valence-corrected chi connectivity index (χ3v) is 2.28. The van der Waals surface area contributed by atoms with E-state index >= 15 is 0 Å². The van der Waals surface area contributed by atoms with Crippen LogP contribution in [-0.2, 0) is 0 Å². The number of hydrogen-bond acceptors (Lipinski definition) is 4. The van der Waals surface area contributed by atoms with Gasteiger partial charge in [-0.25, -0.2) is 0 Å². The highest BCUT2D eigenvalue weighted by Gasteiger charge is 2.02. The Morgan fingerprint density at radius 3 is 2.33 bits per heavy atom. The maximum atomic E-state index is 10.5. The number of rotatable bonds is 4. The van der Waals surface area contributed by atoms with Crippen LogP contribution in [0.1, 0.15) is 5.56 Å². The van der Waals surface area contributed by atoms with E-state index in [1.54, 1.807) is 18.3 Å². The number of hydrogen-bond donors (Lipinski definition) is 1. The van der Waals surface area contributed by atoms with Gasteiger partial charge in [-0.1, -0.05) is 18.2 Å². The van der Waals surface area contributed by atoms with Crippen LogP contribution in [0.25, 0.3) is 0 Å². The van der Waals surface area contributed by atoms with Crippen LogP contribution >= 0.6 is 0 Å². The molecule has 0 amide bonds. The van der Waals surface area contributed by atoms with Crippen molar-refractivity contribution in [2.75, 3.05) is 5.43 Å². The Hall–Kier alpha value is -2.69. The van der Waals surface area contributed by atoms with Gasteiger partial charge in [-0.3, -0.25) is 15.5 Å². The lowest BCUT2D eigenvalue weighted by Gasteiger charge is -1.98. The Labute approximate surface area is 104 Å². The van der Waals surface area contributed by atoms with E-state index in [0.29, 0.717) is 0 Å². The minimum absolute atomic E-state index is 0.0724. The summed E-state index contributed by atoms with van der Waals surface area (Å²) in [4.78, 5) is 10.0. The molecule has 2 aromatic carbocycles. The summed E-state index contributed by atoms with van der Waals surface area (Å²) in [6, 6.07) is 15.7. The summed E-state index contributed by atoms with van der Waals surface area (Å²) < 4.78 is 0. The highest BCUT2D eigenvalue weighted by Crippen LogP contribution is 2.10. The summed E-state index contributed by atoms with van der Waals surface area (Å²) in [5.41, 5.74) is 4.62. The first-order chi connectivity index (χ1) is 8.75. The molecule has 2 aromatic rings. The van der Waals surface area contributed by atoms with Gasteiger partial charge in [0.05, 0.1) is 16.8 Å². The SMILES string of the molecule is O=[N+]([O-])c1ccc(/C=N\Nc2ccccc2)cc1. The van der Waals surface area contributed by atoms with Crippen LogP contribution in [0.4, 0.5) is 11.4 Å². The summed E-state index contributed by atoms with van der Waals surface area (Å²) in [5.74, 6) is 0. The molecular formula is C13H11N3O2. The van der Waals surface area contributed by atoms with Gasteiger partial charge in [0.25, 0.3) is 5.69 Å². The monoisotopic (exact) mass is 241 g/mol. The summed E-state index contributed by atoms with van der Waals surface area (Å²) in [6.07, 6.45) is 1.61. The van der Waals surface area contributed by atoms with Gasteiger partial charge in [0, 0.05) is 12.1 Å². The van der Waals surface area contributed by atoms with Crippen molar-refractivity contribution in [3.05, 3.63) is 70.3 Å². The normalized spacial score (nSPS) is 10.4. The molecule has 0 atom stereocenters. The van der Waals surface area contributed by atoms with Crippen molar-refractivity contribution in [3.63, 3.8) is 0 Å². The lowest BCUT2D eigenvalue weighted by Crippen LogP contribution is -1.91. The van der Waals surface area contributed by atoms with E-state index in [0.717, 1.165) is 11.3 Å². The van der Waals surface area contributed by atoms with Crippen molar-refractivity contribution in [2.24, 2.45) is 5.10 Å². The highest BCUT2D eigenvalue weighted by atomic mass is 16.6. The molecule has 18 heavy (non-hydrogen) atoms. The molecule has 0 aromatic heterocycles. The predicted octanol–water partition coefficient (Wildman–Crippen LogP) is 3.04. The Morgan fingerprint density at radius 2 is 1.72 bits per heavy atom. The number of para-hydroxylation sites is 1. The molecule has 5 nitrogen and oxygen atoms in total. The Morgan fingerprint density at radius 1 is 1.06 bits per heavy atom. The molecule has 90 valence electrons. The average Bonchev–Trinajstić information content (AvgIpc) is 2.40. The second-order valence-corrected chi connectivity index (χ2v) is 3.58. The largest absolute Gasteiger partial charge is 0.279 e. The third kappa shape index (κ3) is 3.15. The van der Waals surface area contributed by atoms with E-state index in [2.05, 4.69) is 10.5 Å². The zero-order valence-electron chi connectivity index (χ0n) is 9.48. The molecule has 0 heterocycles. The number of anilines is 1. The molecule has 0 aliphatic rings. The molecule has 2 rings (SSSR count). The summed E-state index contributed by atoms with van der Waals surface area (Å²) in [6.45, 7) is 0. The summed E-state index contributed by atoms with van der Waals surface area (Å²) in [5, 5.41) is 14.5. The second kappa shape index (κ2) is 5.58. The van der Waals surface area contributed by atoms with Crippen LogP contribution in [0.3, 0.4) is 0 Å². The van der Waals surface area contributed by atoms with Crippen molar-refractivity contribution in [2.45, 2.75) is 0 Å². The molecule has 1 N–H and O–H groups in total. The number of benzene rings is 2. The maximum absolute atomic E-state index is 10.5. The van der Waals surface area contributed by atoms with Crippen molar-refractivity contribution in [1.29, 1.82) is 0 Å². The van der Waals surface area contributed by atoms with Crippen LogP contribution in [0.15, 0.2) is 59.7 Å². The number of nitrogens with zero attached hydrogens (tertiary/aromatic N) is 2. The molecule has 0 radical (unpaired) electrons. The van der Waals surface area contributed by atoms with Gasteiger partial charge < -0.3 is 0 Å². The molecule has 0 fully saturated rings. The molecule has 0 aliphatic heterocycles. The molecule has 5 heteroatoms. The van der Waals surface area contributed by atoms with Crippen LogP contribution in [0.2, 0.25) is 0 Å². The number of hydrazone groups is 1. The Balaban J connectivity index is 1.99. The van der Waals surface area contributed by atoms with Gasteiger partial charge in [0.2, 0.25) is 0 Å². The second-order valence-electron chi connectivity index (χ2n) is 3.58. The first-order valence-corrected chi connectivity index (χ1v) is 5.34. The number of nitrogens with one attached hydrogen (secondary N) is 1. The molecular weight excluding hydrogens is 230 g/mol. The summed E-state index contributed by atoms with van der Waals surface area (Å²) in [7, 11) is 0. The lowest BCUT2D eigenvalue weighted by atomic mass is 10.2. The minimum atomic E-state index is -0.427. The number of non-ortho nitro benzene ring substituents is 1. The molecule has 0 spiro atoms. The van der Waals surface area contributed by atoms with Crippen molar-refractivity contribution >= 4 is 17.6 Å². The van der Waals surface area contributed by atoms with E-state index < -0.39 is 4.92 Å². The molecule has 0 saturated carbocycles. The smallest absolute Gasteiger partial charge is 0.269 e.